The van der Waals surface area contributed by atoms with Crippen LogP contribution in [0.3, 0.4) is 0 Å². The molecular weight excluding hydrogens is 445 g/mol. The minimum atomic E-state index is -0.628. The summed E-state index contributed by atoms with van der Waals surface area (Å²) in [5.41, 5.74) is 4.57. The standard InChI is InChI=1S/C29H38FNO4/c1-5-34-29(33)13-11-24-15-20(2)8-12-27(24)22(4)35-19-26(32)18-31-14-6-7-25(31)16-23-10-9-21(3)28(30)17-23/h8-13,15,17,22,25-26,32H,5-7,14,16,18-19H2,1-4H3/t22-,25+,26-/m1/s1. The van der Waals surface area contributed by atoms with Crippen molar-refractivity contribution in [3.8, 4) is 0 Å². The molecule has 0 radical (unpaired) electrons. The Hall–Kier alpha value is -2.54. The van der Waals surface area contributed by atoms with Crippen LogP contribution in [0.25, 0.3) is 6.08 Å². The lowest BCUT2D eigenvalue weighted by molar-refractivity contribution is -0.137. The molecule has 0 unspecified atom stereocenters. The van der Waals surface area contributed by atoms with Crippen molar-refractivity contribution in [1.82, 2.24) is 4.90 Å². The fourth-order valence-corrected chi connectivity index (χ4v) is 4.63. The number of carbonyl (C=O) groups is 1. The van der Waals surface area contributed by atoms with Crippen molar-refractivity contribution < 1.29 is 23.8 Å². The van der Waals surface area contributed by atoms with Gasteiger partial charge < -0.3 is 14.6 Å². The smallest absolute Gasteiger partial charge is 0.330 e. The number of ether oxygens (including phenoxy) is 2. The van der Waals surface area contributed by atoms with Gasteiger partial charge in [-0.25, -0.2) is 9.18 Å². The second kappa shape index (κ2) is 13.0. The lowest BCUT2D eigenvalue weighted by atomic mass is 10.00. The molecule has 0 amide bonds. The van der Waals surface area contributed by atoms with Crippen molar-refractivity contribution in [3.05, 3.63) is 76.1 Å². The lowest BCUT2D eigenvalue weighted by Crippen LogP contribution is -2.39. The third-order valence-electron chi connectivity index (χ3n) is 6.56. The highest BCUT2D eigenvalue weighted by molar-refractivity contribution is 5.87. The summed E-state index contributed by atoms with van der Waals surface area (Å²) in [6.45, 7) is 9.48. The second-order valence-electron chi connectivity index (χ2n) is 9.43. The molecule has 1 saturated heterocycles. The summed E-state index contributed by atoms with van der Waals surface area (Å²) in [4.78, 5) is 14.0. The van der Waals surface area contributed by atoms with Crippen LogP contribution >= 0.6 is 0 Å². The molecule has 1 heterocycles. The summed E-state index contributed by atoms with van der Waals surface area (Å²) < 4.78 is 25.0. The molecule has 2 aromatic carbocycles. The highest BCUT2D eigenvalue weighted by Crippen LogP contribution is 2.25. The van der Waals surface area contributed by atoms with E-state index in [1.165, 1.54) is 6.08 Å². The Labute approximate surface area is 208 Å². The van der Waals surface area contributed by atoms with Crippen molar-refractivity contribution in [2.75, 3.05) is 26.3 Å². The van der Waals surface area contributed by atoms with E-state index < -0.39 is 6.10 Å². The molecule has 3 rings (SSSR count). The first-order valence-electron chi connectivity index (χ1n) is 12.5. The third kappa shape index (κ3) is 7.99. The molecule has 1 fully saturated rings. The van der Waals surface area contributed by atoms with Gasteiger partial charge >= 0.3 is 5.97 Å². The van der Waals surface area contributed by atoms with Gasteiger partial charge in [-0.1, -0.05) is 35.9 Å². The maximum atomic E-state index is 14.0. The van der Waals surface area contributed by atoms with Crippen LogP contribution in [0.4, 0.5) is 4.39 Å². The number of hydrogen-bond acceptors (Lipinski definition) is 5. The van der Waals surface area contributed by atoms with E-state index in [9.17, 15) is 14.3 Å². The normalized spacial score (nSPS) is 18.2. The zero-order valence-corrected chi connectivity index (χ0v) is 21.3. The van der Waals surface area contributed by atoms with Crippen LogP contribution in [0.2, 0.25) is 0 Å². The van der Waals surface area contributed by atoms with E-state index in [0.717, 1.165) is 48.1 Å². The quantitative estimate of drug-likeness (QED) is 0.353. The minimum Gasteiger partial charge on any atom is -0.463 e. The number of esters is 1. The number of halogens is 1. The van der Waals surface area contributed by atoms with Crippen LogP contribution in [0, 0.1) is 19.7 Å². The summed E-state index contributed by atoms with van der Waals surface area (Å²) in [6, 6.07) is 11.7. The average molecular weight is 484 g/mol. The van der Waals surface area contributed by atoms with Crippen molar-refractivity contribution in [2.24, 2.45) is 0 Å². The molecule has 1 aliphatic heterocycles. The van der Waals surface area contributed by atoms with Gasteiger partial charge in [-0.2, -0.15) is 0 Å². The fraction of sp³-hybridized carbons (Fsp3) is 0.483. The number of benzene rings is 2. The molecule has 0 aromatic heterocycles. The Bertz CT molecular complexity index is 1020. The number of carbonyl (C=O) groups excluding carboxylic acids is 1. The van der Waals surface area contributed by atoms with Crippen molar-refractivity contribution in [2.45, 2.75) is 65.2 Å². The van der Waals surface area contributed by atoms with E-state index in [2.05, 4.69) is 4.90 Å². The number of nitrogens with zero attached hydrogens (tertiary/aromatic N) is 1. The van der Waals surface area contributed by atoms with Gasteiger partial charge in [0.1, 0.15) is 5.82 Å². The first-order chi connectivity index (χ1) is 16.8. The number of aliphatic hydroxyl groups excluding tert-OH is 1. The first-order valence-corrected chi connectivity index (χ1v) is 12.5. The van der Waals surface area contributed by atoms with Crippen molar-refractivity contribution in [3.63, 3.8) is 0 Å². The number of aliphatic hydroxyl groups is 1. The van der Waals surface area contributed by atoms with Crippen molar-refractivity contribution >= 4 is 12.0 Å². The summed E-state index contributed by atoms with van der Waals surface area (Å²) in [5.74, 6) is -0.542. The number of aryl methyl sites for hydroxylation is 2. The van der Waals surface area contributed by atoms with E-state index in [0.29, 0.717) is 24.8 Å². The molecule has 6 heteroatoms. The molecule has 35 heavy (non-hydrogen) atoms. The molecule has 0 aliphatic carbocycles. The molecule has 0 spiro atoms. The maximum absolute atomic E-state index is 14.0. The Balaban J connectivity index is 1.55. The van der Waals surface area contributed by atoms with Gasteiger partial charge in [-0.05, 0) is 87.9 Å². The van der Waals surface area contributed by atoms with Crippen LogP contribution in [0.15, 0.2) is 42.5 Å². The molecule has 3 atom stereocenters. The van der Waals surface area contributed by atoms with Gasteiger partial charge in [-0.15, -0.1) is 0 Å². The topological polar surface area (TPSA) is 59.0 Å². The number of rotatable bonds is 11. The second-order valence-corrected chi connectivity index (χ2v) is 9.43. The molecular formula is C29H38FNO4. The van der Waals surface area contributed by atoms with Crippen molar-refractivity contribution in [1.29, 1.82) is 0 Å². The van der Waals surface area contributed by atoms with Crippen LogP contribution in [-0.4, -0.2) is 54.4 Å². The van der Waals surface area contributed by atoms with E-state index in [-0.39, 0.29) is 24.5 Å². The van der Waals surface area contributed by atoms with E-state index in [1.807, 2.05) is 44.2 Å². The molecule has 5 nitrogen and oxygen atoms in total. The highest BCUT2D eigenvalue weighted by atomic mass is 19.1. The van der Waals surface area contributed by atoms with Crippen LogP contribution in [0.5, 0.6) is 0 Å². The maximum Gasteiger partial charge on any atom is 0.330 e. The zero-order chi connectivity index (χ0) is 25.4. The van der Waals surface area contributed by atoms with E-state index >= 15 is 0 Å². The van der Waals surface area contributed by atoms with Gasteiger partial charge in [0.2, 0.25) is 0 Å². The Morgan fingerprint density at radius 1 is 1.26 bits per heavy atom. The van der Waals surface area contributed by atoms with Gasteiger partial charge in [0.15, 0.2) is 0 Å². The zero-order valence-electron chi connectivity index (χ0n) is 21.3. The number of β-amino-alcohol motifs (C(OH)–C–C–N with tert-alkyl or cyclic N) is 1. The third-order valence-corrected chi connectivity index (χ3v) is 6.56. The van der Waals surface area contributed by atoms with Crippen LogP contribution in [-0.2, 0) is 20.7 Å². The highest BCUT2D eigenvalue weighted by Gasteiger charge is 2.27. The SMILES string of the molecule is CCOC(=O)C=Cc1cc(C)ccc1[C@@H](C)OC[C@H](O)CN1CCC[C@H]1Cc1ccc(C)c(F)c1. The predicted molar refractivity (Wildman–Crippen MR) is 137 cm³/mol. The van der Waals surface area contributed by atoms with Crippen LogP contribution < -0.4 is 0 Å². The average Bonchev–Trinajstić information content (AvgIpc) is 3.25. The number of hydrogen-bond donors (Lipinski definition) is 1. The number of likely N-dealkylation sites (tertiary alicyclic amines) is 1. The Morgan fingerprint density at radius 2 is 2.06 bits per heavy atom. The van der Waals surface area contributed by atoms with Gasteiger partial charge in [0.25, 0.3) is 0 Å². The summed E-state index contributed by atoms with van der Waals surface area (Å²) in [5, 5.41) is 10.7. The molecule has 2 aromatic rings. The summed E-state index contributed by atoms with van der Waals surface area (Å²) in [6.07, 6.45) is 5.19. The van der Waals surface area contributed by atoms with Gasteiger partial charge in [-0.3, -0.25) is 4.90 Å². The molecule has 1 N–H and O–H groups in total. The first kappa shape index (κ1) is 27.1. The summed E-state index contributed by atoms with van der Waals surface area (Å²) >= 11 is 0. The van der Waals surface area contributed by atoms with E-state index in [4.69, 9.17) is 9.47 Å². The Kier molecular flexibility index (Phi) is 10.0. The van der Waals surface area contributed by atoms with Crippen LogP contribution in [0.1, 0.15) is 60.6 Å². The Morgan fingerprint density at radius 3 is 2.80 bits per heavy atom. The van der Waals surface area contributed by atoms with Gasteiger partial charge in [0.05, 0.1) is 25.4 Å². The van der Waals surface area contributed by atoms with E-state index in [1.54, 1.807) is 26.0 Å². The fourth-order valence-electron chi connectivity index (χ4n) is 4.63. The molecule has 0 saturated carbocycles. The largest absolute Gasteiger partial charge is 0.463 e. The molecule has 190 valence electrons. The minimum absolute atomic E-state index is 0.165. The monoisotopic (exact) mass is 483 g/mol. The molecule has 1 aliphatic rings. The predicted octanol–water partition coefficient (Wildman–Crippen LogP) is 5.16. The summed E-state index contributed by atoms with van der Waals surface area (Å²) in [7, 11) is 0. The van der Waals surface area contributed by atoms with Gasteiger partial charge in [0, 0.05) is 18.7 Å². The molecule has 0 bridgehead atoms. The lowest BCUT2D eigenvalue weighted by Gasteiger charge is -2.27.